The highest BCUT2D eigenvalue weighted by molar-refractivity contribution is 5.65. The molecule has 0 amide bonds. The fraction of sp³-hybridized carbons (Fsp3) is 0.538. The largest absolute Gasteiger partial charge is 0.0654 e. The van der Waals surface area contributed by atoms with Crippen LogP contribution in [0.5, 0.6) is 0 Å². The second kappa shape index (κ2) is 9.95. The third-order valence-corrected chi connectivity index (χ3v) is 6.08. The van der Waals surface area contributed by atoms with E-state index in [2.05, 4.69) is 56.3 Å². The van der Waals surface area contributed by atoms with Gasteiger partial charge in [-0.15, -0.1) is 0 Å². The molecule has 0 aromatic heterocycles. The Morgan fingerprint density at radius 1 is 0.769 bits per heavy atom. The quantitative estimate of drug-likeness (QED) is 0.406. The lowest BCUT2D eigenvalue weighted by atomic mass is 9.80. The summed E-state index contributed by atoms with van der Waals surface area (Å²) in [6.07, 6.45) is 14.9. The van der Waals surface area contributed by atoms with Gasteiger partial charge in [0.1, 0.15) is 0 Å². The molecule has 0 heteroatoms. The van der Waals surface area contributed by atoms with Gasteiger partial charge in [0.2, 0.25) is 0 Å². The van der Waals surface area contributed by atoms with Gasteiger partial charge in [0, 0.05) is 0 Å². The van der Waals surface area contributed by atoms with Crippen LogP contribution >= 0.6 is 0 Å². The second-order valence-electron chi connectivity index (χ2n) is 8.24. The lowest BCUT2D eigenvalue weighted by molar-refractivity contribution is 0.405. The molecule has 0 aliphatic heterocycles. The van der Waals surface area contributed by atoms with Crippen molar-refractivity contribution in [1.29, 1.82) is 0 Å². The van der Waals surface area contributed by atoms with Crippen LogP contribution in [0.4, 0.5) is 0 Å². The van der Waals surface area contributed by atoms with Gasteiger partial charge in [0.05, 0.1) is 0 Å². The topological polar surface area (TPSA) is 0 Å². The van der Waals surface area contributed by atoms with Crippen molar-refractivity contribution in [3.63, 3.8) is 0 Å². The molecule has 0 radical (unpaired) electrons. The van der Waals surface area contributed by atoms with Crippen LogP contribution in [0.1, 0.15) is 81.9 Å². The fourth-order valence-corrected chi connectivity index (χ4v) is 4.45. The summed E-state index contributed by atoms with van der Waals surface area (Å²) in [4.78, 5) is 0. The van der Waals surface area contributed by atoms with Gasteiger partial charge in [0.15, 0.2) is 0 Å². The summed E-state index contributed by atoms with van der Waals surface area (Å²) in [6.45, 7) is 4.54. The highest BCUT2D eigenvalue weighted by atomic mass is 14.2. The highest BCUT2D eigenvalue weighted by Crippen LogP contribution is 2.32. The summed E-state index contributed by atoms with van der Waals surface area (Å²) in [6, 6.07) is 16.4. The molecule has 2 aromatic carbocycles. The lowest BCUT2D eigenvalue weighted by Crippen LogP contribution is -2.14. The van der Waals surface area contributed by atoms with Crippen molar-refractivity contribution in [1.82, 2.24) is 0 Å². The maximum atomic E-state index is 2.46. The Bertz CT molecular complexity index is 665. The Labute approximate surface area is 161 Å². The van der Waals surface area contributed by atoms with Crippen LogP contribution in [0.15, 0.2) is 42.5 Å². The summed E-state index contributed by atoms with van der Waals surface area (Å²) in [5.41, 5.74) is 7.43. The van der Waals surface area contributed by atoms with Gasteiger partial charge in [-0.05, 0) is 59.4 Å². The first-order valence-corrected chi connectivity index (χ1v) is 11.0. The molecule has 2 aromatic rings. The van der Waals surface area contributed by atoms with Crippen molar-refractivity contribution in [2.75, 3.05) is 0 Å². The van der Waals surface area contributed by atoms with Gasteiger partial charge in [-0.2, -0.15) is 0 Å². The third-order valence-electron chi connectivity index (χ3n) is 6.08. The van der Waals surface area contributed by atoms with Crippen LogP contribution in [0, 0.1) is 5.92 Å². The molecule has 140 valence electrons. The van der Waals surface area contributed by atoms with Crippen molar-refractivity contribution >= 4 is 0 Å². The molecule has 0 bridgehead atoms. The standard InChI is InChI=1S/C26H36/c1-3-5-6-7-8-10-22-13-16-26-20-25(18-17-24(26)19-22)23-14-11-21(9-4-2)12-15-23/h11-12,14-15,17-18,20,22H,3-10,13,16,19H2,1-2H3. The van der Waals surface area contributed by atoms with Gasteiger partial charge in [-0.25, -0.2) is 0 Å². The molecule has 1 unspecified atom stereocenters. The molecule has 3 rings (SSSR count). The molecule has 0 saturated heterocycles. The maximum Gasteiger partial charge on any atom is -0.0181 e. The predicted molar refractivity (Wildman–Crippen MR) is 115 cm³/mol. The SMILES string of the molecule is CCCCCCCC1CCc2cc(-c3ccc(CCC)cc3)ccc2C1. The molecule has 1 aliphatic rings. The van der Waals surface area contributed by atoms with Crippen LogP contribution in [0.2, 0.25) is 0 Å². The van der Waals surface area contributed by atoms with E-state index in [9.17, 15) is 0 Å². The molecule has 0 nitrogen and oxygen atoms in total. The van der Waals surface area contributed by atoms with E-state index in [4.69, 9.17) is 0 Å². The summed E-state index contributed by atoms with van der Waals surface area (Å²) in [5, 5.41) is 0. The Kier molecular flexibility index (Phi) is 7.35. The Hall–Kier alpha value is -1.56. The molecule has 0 spiro atoms. The van der Waals surface area contributed by atoms with Crippen LogP contribution in [0.3, 0.4) is 0 Å². The zero-order valence-electron chi connectivity index (χ0n) is 16.9. The molecular weight excluding hydrogens is 312 g/mol. The predicted octanol–water partition coefficient (Wildman–Crippen LogP) is 7.77. The first-order chi connectivity index (χ1) is 12.8. The van der Waals surface area contributed by atoms with Crippen molar-refractivity contribution in [3.05, 3.63) is 59.2 Å². The van der Waals surface area contributed by atoms with E-state index in [0.29, 0.717) is 0 Å². The summed E-state index contributed by atoms with van der Waals surface area (Å²) < 4.78 is 0. The Morgan fingerprint density at radius 3 is 2.31 bits per heavy atom. The van der Waals surface area contributed by atoms with E-state index in [1.54, 1.807) is 11.1 Å². The number of benzene rings is 2. The molecule has 26 heavy (non-hydrogen) atoms. The fourth-order valence-electron chi connectivity index (χ4n) is 4.45. The number of rotatable bonds is 9. The van der Waals surface area contributed by atoms with E-state index in [1.165, 1.54) is 87.3 Å². The molecule has 1 aliphatic carbocycles. The minimum Gasteiger partial charge on any atom is -0.0654 e. The minimum absolute atomic E-state index is 0.920. The summed E-state index contributed by atoms with van der Waals surface area (Å²) in [7, 11) is 0. The number of hydrogen-bond acceptors (Lipinski definition) is 0. The molecular formula is C26H36. The first kappa shape index (κ1) is 19.2. The molecule has 0 fully saturated rings. The zero-order chi connectivity index (χ0) is 18.2. The normalized spacial score (nSPS) is 16.5. The summed E-state index contributed by atoms with van der Waals surface area (Å²) in [5.74, 6) is 0.920. The van der Waals surface area contributed by atoms with Crippen molar-refractivity contribution in [3.8, 4) is 11.1 Å². The third kappa shape index (κ3) is 5.22. The monoisotopic (exact) mass is 348 g/mol. The minimum atomic E-state index is 0.920. The number of aryl methyl sites for hydroxylation is 2. The van der Waals surface area contributed by atoms with Crippen LogP contribution < -0.4 is 0 Å². The average Bonchev–Trinajstić information content (AvgIpc) is 2.68. The van der Waals surface area contributed by atoms with E-state index < -0.39 is 0 Å². The number of unbranched alkanes of at least 4 members (excludes halogenated alkanes) is 4. The lowest BCUT2D eigenvalue weighted by Gasteiger charge is -2.25. The van der Waals surface area contributed by atoms with Gasteiger partial charge in [-0.3, -0.25) is 0 Å². The number of fused-ring (bicyclic) bond motifs is 1. The van der Waals surface area contributed by atoms with Crippen molar-refractivity contribution < 1.29 is 0 Å². The van der Waals surface area contributed by atoms with Crippen molar-refractivity contribution in [2.24, 2.45) is 5.92 Å². The van der Waals surface area contributed by atoms with Gasteiger partial charge in [-0.1, -0.05) is 101 Å². The Morgan fingerprint density at radius 2 is 1.54 bits per heavy atom. The highest BCUT2D eigenvalue weighted by Gasteiger charge is 2.18. The number of hydrogen-bond donors (Lipinski definition) is 0. The molecule has 0 saturated carbocycles. The van der Waals surface area contributed by atoms with Crippen LogP contribution in [-0.4, -0.2) is 0 Å². The van der Waals surface area contributed by atoms with Gasteiger partial charge in [0.25, 0.3) is 0 Å². The molecule has 0 heterocycles. The maximum absolute atomic E-state index is 2.46. The first-order valence-electron chi connectivity index (χ1n) is 11.0. The van der Waals surface area contributed by atoms with E-state index in [0.717, 1.165) is 5.92 Å². The Balaban J connectivity index is 1.58. The molecule has 1 atom stereocenters. The van der Waals surface area contributed by atoms with Crippen LogP contribution in [0.25, 0.3) is 11.1 Å². The molecule has 0 N–H and O–H groups in total. The van der Waals surface area contributed by atoms with E-state index in [1.807, 2.05) is 0 Å². The second-order valence-corrected chi connectivity index (χ2v) is 8.24. The zero-order valence-corrected chi connectivity index (χ0v) is 16.9. The van der Waals surface area contributed by atoms with Crippen molar-refractivity contribution in [2.45, 2.75) is 84.5 Å². The summed E-state index contributed by atoms with van der Waals surface area (Å²) >= 11 is 0. The smallest absolute Gasteiger partial charge is 0.0181 e. The van der Waals surface area contributed by atoms with Crippen LogP contribution in [-0.2, 0) is 19.3 Å². The van der Waals surface area contributed by atoms with E-state index in [-0.39, 0.29) is 0 Å². The average molecular weight is 349 g/mol. The van der Waals surface area contributed by atoms with Gasteiger partial charge < -0.3 is 0 Å². The van der Waals surface area contributed by atoms with Gasteiger partial charge >= 0.3 is 0 Å². The van der Waals surface area contributed by atoms with E-state index >= 15 is 0 Å².